The zero-order chi connectivity index (χ0) is 47.4. The number of carbonyl (C=O) groups is 5. The summed E-state index contributed by atoms with van der Waals surface area (Å²) in [5.74, 6) is -5.55. The fraction of sp³-hybridized carbons (Fsp3) is 0.378. The molecule has 5 fully saturated rings. The van der Waals surface area contributed by atoms with Gasteiger partial charge in [-0.15, -0.1) is 0 Å². The first kappa shape index (κ1) is 45.3. The molecule has 4 aliphatic heterocycles. The Morgan fingerprint density at radius 1 is 0.896 bits per heavy atom. The van der Waals surface area contributed by atoms with Crippen molar-refractivity contribution in [2.45, 2.75) is 44.1 Å². The van der Waals surface area contributed by atoms with E-state index in [2.05, 4.69) is 47.6 Å². The van der Waals surface area contributed by atoms with Crippen molar-refractivity contribution in [1.29, 1.82) is 0 Å². The maximum absolute atomic E-state index is 15.8. The molecular formula is C45H47F2N11O8S. The van der Waals surface area contributed by atoms with E-state index in [0.29, 0.717) is 74.6 Å². The maximum Gasteiger partial charge on any atom is 0.353 e. The lowest BCUT2D eigenvalue weighted by atomic mass is 9.64. The van der Waals surface area contributed by atoms with Crippen molar-refractivity contribution in [1.82, 2.24) is 39.4 Å². The van der Waals surface area contributed by atoms with E-state index in [0.717, 1.165) is 42.0 Å². The third-order valence-corrected chi connectivity index (χ3v) is 14.9. The number of ketones is 1. The van der Waals surface area contributed by atoms with E-state index in [9.17, 15) is 37.5 Å². The number of carbonyl (C=O) groups excluding carboxylic acids is 4. The Kier molecular flexibility index (Phi) is 12.0. The number of imide groups is 1. The van der Waals surface area contributed by atoms with Crippen molar-refractivity contribution in [3.8, 4) is 11.1 Å². The number of fused-ring (bicyclic) bond motifs is 3. The quantitative estimate of drug-likeness (QED) is 0.0790. The molecule has 350 valence electrons. The van der Waals surface area contributed by atoms with Crippen molar-refractivity contribution >= 4 is 68.0 Å². The summed E-state index contributed by atoms with van der Waals surface area (Å²) >= 11 is 0. The molecule has 0 spiro atoms. The van der Waals surface area contributed by atoms with Crippen LogP contribution in [-0.4, -0.2) is 142 Å². The van der Waals surface area contributed by atoms with Crippen LogP contribution in [0.4, 0.5) is 26.1 Å². The molecule has 10 rings (SSSR count). The molecule has 3 aromatic heterocycles. The summed E-state index contributed by atoms with van der Waals surface area (Å²) in [5, 5.41) is 15.7. The number of pyridine rings is 1. The first-order valence-electron chi connectivity index (χ1n) is 21.9. The molecule has 1 saturated carbocycles. The topological polar surface area (TPSA) is 243 Å². The minimum absolute atomic E-state index is 0.0308. The van der Waals surface area contributed by atoms with Crippen LogP contribution in [0.15, 0.2) is 61.1 Å². The van der Waals surface area contributed by atoms with Crippen LogP contribution < -0.4 is 20.3 Å². The number of carboxylic acids is 1. The van der Waals surface area contributed by atoms with Gasteiger partial charge in [-0.1, -0.05) is 19.1 Å². The van der Waals surface area contributed by atoms with Gasteiger partial charge in [0.1, 0.15) is 22.7 Å². The van der Waals surface area contributed by atoms with Crippen molar-refractivity contribution in [3.05, 3.63) is 95.1 Å². The molecule has 2 bridgehead atoms. The van der Waals surface area contributed by atoms with E-state index in [1.165, 1.54) is 37.3 Å². The predicted octanol–water partition coefficient (Wildman–Crippen LogP) is 3.58. The second-order valence-corrected chi connectivity index (χ2v) is 19.2. The molecule has 5 aliphatic rings. The number of aromatic carboxylic acids is 1. The SMILES string of the molecule is CCN(C)S(=O)(=O)Nc1ccc(F)c(C(=O)c2c(C(=O)O)[nH]c3ncc(-c4cnc(N5CCN(C(=O)CN6CCC(c7ccc(NC89CC(C8)C(=O)NC9=O)cc7)CC6)CC5)nc4)cc23)c1F. The van der Waals surface area contributed by atoms with Crippen LogP contribution >= 0.6 is 0 Å². The number of H-pyrrole nitrogens is 1. The molecular weight excluding hydrogens is 893 g/mol. The molecule has 22 heteroatoms. The van der Waals surface area contributed by atoms with Crippen LogP contribution in [0.25, 0.3) is 22.2 Å². The van der Waals surface area contributed by atoms with Gasteiger partial charge in [0.05, 0.1) is 23.4 Å². The number of nitrogens with one attached hydrogen (secondary N) is 4. The molecule has 1 aliphatic carbocycles. The molecule has 2 aromatic carbocycles. The summed E-state index contributed by atoms with van der Waals surface area (Å²) in [6.45, 7) is 5.41. The van der Waals surface area contributed by atoms with E-state index >= 15 is 8.78 Å². The Balaban J connectivity index is 0.800. The molecule has 67 heavy (non-hydrogen) atoms. The Hall–Kier alpha value is -6.91. The second-order valence-electron chi connectivity index (χ2n) is 17.4. The molecule has 3 amide bonds. The van der Waals surface area contributed by atoms with Gasteiger partial charge in [-0.25, -0.2) is 28.5 Å². The smallest absolute Gasteiger partial charge is 0.353 e. The lowest BCUT2D eigenvalue weighted by Crippen LogP contribution is -2.69. The van der Waals surface area contributed by atoms with Crippen molar-refractivity contribution in [2.75, 3.05) is 74.3 Å². The van der Waals surface area contributed by atoms with Gasteiger partial charge in [0.25, 0.3) is 5.91 Å². The first-order chi connectivity index (χ1) is 32.0. The zero-order valence-corrected chi connectivity index (χ0v) is 37.3. The van der Waals surface area contributed by atoms with Gasteiger partial charge in [0, 0.05) is 86.5 Å². The van der Waals surface area contributed by atoms with Gasteiger partial charge in [0.15, 0.2) is 5.82 Å². The van der Waals surface area contributed by atoms with Crippen LogP contribution in [-0.2, 0) is 24.6 Å². The molecule has 5 N–H and O–H groups in total. The summed E-state index contributed by atoms with van der Waals surface area (Å²) < 4.78 is 59.1. The highest BCUT2D eigenvalue weighted by Crippen LogP contribution is 2.44. The number of hydrogen-bond acceptors (Lipinski definition) is 13. The number of halogens is 2. The number of amides is 3. The number of nitrogens with zero attached hydrogens (tertiary/aromatic N) is 7. The predicted molar refractivity (Wildman–Crippen MR) is 241 cm³/mol. The van der Waals surface area contributed by atoms with Gasteiger partial charge in [-0.2, -0.15) is 12.7 Å². The zero-order valence-electron chi connectivity index (χ0n) is 36.5. The molecule has 5 aromatic rings. The number of piperazine rings is 1. The number of aromatic amines is 1. The molecule has 0 atom stereocenters. The summed E-state index contributed by atoms with van der Waals surface area (Å²) in [4.78, 5) is 85.8. The monoisotopic (exact) mass is 939 g/mol. The fourth-order valence-corrected chi connectivity index (χ4v) is 10.2. The maximum atomic E-state index is 15.8. The van der Waals surface area contributed by atoms with Crippen LogP contribution in [0.5, 0.6) is 0 Å². The lowest BCUT2D eigenvalue weighted by Gasteiger charge is -2.50. The van der Waals surface area contributed by atoms with E-state index in [4.69, 9.17) is 0 Å². The summed E-state index contributed by atoms with van der Waals surface area (Å²) in [7, 11) is -3.03. The highest BCUT2D eigenvalue weighted by Gasteiger charge is 2.57. The lowest BCUT2D eigenvalue weighted by molar-refractivity contribution is -0.149. The largest absolute Gasteiger partial charge is 0.477 e. The number of aromatic nitrogens is 4. The summed E-state index contributed by atoms with van der Waals surface area (Å²) in [6.07, 6.45) is 7.31. The normalized spacial score (nSPS) is 20.2. The average Bonchev–Trinajstić information content (AvgIpc) is 3.70. The van der Waals surface area contributed by atoms with Crippen molar-refractivity contribution in [2.24, 2.45) is 5.92 Å². The Morgan fingerprint density at radius 2 is 1.57 bits per heavy atom. The van der Waals surface area contributed by atoms with Crippen LogP contribution in [0, 0.1) is 17.6 Å². The van der Waals surface area contributed by atoms with Gasteiger partial charge in [-0.3, -0.25) is 34.1 Å². The third kappa shape index (κ3) is 8.66. The number of anilines is 3. The van der Waals surface area contributed by atoms with Crippen LogP contribution in [0.1, 0.15) is 70.5 Å². The second kappa shape index (κ2) is 17.7. The van der Waals surface area contributed by atoms with Crippen molar-refractivity contribution in [3.63, 3.8) is 0 Å². The third-order valence-electron chi connectivity index (χ3n) is 13.3. The fourth-order valence-electron chi connectivity index (χ4n) is 9.24. The summed E-state index contributed by atoms with van der Waals surface area (Å²) in [6, 6.07) is 11.1. The molecule has 19 nitrogen and oxygen atoms in total. The van der Waals surface area contributed by atoms with Gasteiger partial charge < -0.3 is 25.2 Å². The number of benzene rings is 2. The Labute approximate surface area is 383 Å². The van der Waals surface area contributed by atoms with Gasteiger partial charge in [-0.05, 0) is 80.6 Å². The molecule has 0 radical (unpaired) electrons. The van der Waals surface area contributed by atoms with Crippen LogP contribution in [0.3, 0.4) is 0 Å². The molecule has 0 unspecified atom stereocenters. The van der Waals surface area contributed by atoms with Gasteiger partial charge in [0.2, 0.25) is 23.5 Å². The van der Waals surface area contributed by atoms with Crippen LogP contribution in [0.2, 0.25) is 0 Å². The van der Waals surface area contributed by atoms with Crippen molar-refractivity contribution < 1.29 is 46.3 Å². The number of carboxylic acid groups (broad SMARTS) is 1. The summed E-state index contributed by atoms with van der Waals surface area (Å²) in [5.41, 5.74) is -1.04. The van der Waals surface area contributed by atoms with E-state index in [1.807, 2.05) is 26.7 Å². The minimum atomic E-state index is -4.27. The van der Waals surface area contributed by atoms with E-state index < -0.39 is 61.6 Å². The number of rotatable bonds is 14. The Bertz CT molecular complexity index is 2910. The van der Waals surface area contributed by atoms with Gasteiger partial charge >= 0.3 is 16.2 Å². The molecule has 7 heterocycles. The van der Waals surface area contributed by atoms with E-state index in [1.54, 1.807) is 6.92 Å². The molecule has 4 saturated heterocycles. The van der Waals surface area contributed by atoms with E-state index in [-0.39, 0.29) is 41.2 Å². The average molecular weight is 940 g/mol. The standard InChI is InChI=1S/C45H47F2N11O8S/c1-3-55(2)67(65,66)54-33-9-8-32(46)36(37(33)47)39(60)35-31-18-27(21-48-40(31)51-38(35)42(62)63)29-22-49-44(50-23-29)58-16-14-57(15-17-58)34(59)24-56-12-10-26(11-13-56)25-4-6-30(7-5-25)53-45-19-28(20-45)41(61)52-43(45)64/h4-9,18,21-23,26,28,53-54H,3,10-17,19-20,24H2,1-2H3,(H,48,51)(H,62,63)(H,52,61,64). The highest BCUT2D eigenvalue weighted by atomic mass is 32.2. The highest BCUT2D eigenvalue weighted by molar-refractivity contribution is 7.90. The number of piperidine rings is 3. The Morgan fingerprint density at radius 3 is 2.21 bits per heavy atom. The minimum Gasteiger partial charge on any atom is -0.477 e. The number of likely N-dealkylation sites (tertiary alicyclic amines) is 1. The number of hydrogen-bond donors (Lipinski definition) is 5. The first-order valence-corrected chi connectivity index (χ1v) is 23.3.